The van der Waals surface area contributed by atoms with E-state index in [1.54, 1.807) is 11.6 Å². The number of nitrogens with one attached hydrogen (secondary N) is 1. The molecule has 0 saturated carbocycles. The van der Waals surface area contributed by atoms with E-state index in [4.69, 9.17) is 5.11 Å². The van der Waals surface area contributed by atoms with Gasteiger partial charge in [0.25, 0.3) is 0 Å². The molecule has 0 bridgehead atoms. The van der Waals surface area contributed by atoms with Gasteiger partial charge in [-0.15, -0.1) is 11.3 Å². The summed E-state index contributed by atoms with van der Waals surface area (Å²) in [5.74, 6) is -1.10. The third kappa shape index (κ3) is 2.77. The van der Waals surface area contributed by atoms with Crippen LogP contribution in [0, 0.1) is 0 Å². The van der Waals surface area contributed by atoms with Gasteiger partial charge < -0.3 is 20.4 Å². The molecule has 7 nitrogen and oxygen atoms in total. The molecule has 1 fully saturated rings. The lowest BCUT2D eigenvalue weighted by atomic mass is 10.2. The van der Waals surface area contributed by atoms with Crippen LogP contribution in [0.3, 0.4) is 0 Å². The summed E-state index contributed by atoms with van der Waals surface area (Å²) in [4.78, 5) is 27.9. The first-order chi connectivity index (χ1) is 8.58. The number of aliphatic hydroxyl groups excluding tert-OH is 1. The minimum Gasteiger partial charge on any atom is -0.480 e. The molecule has 18 heavy (non-hydrogen) atoms. The molecule has 1 aliphatic rings. The molecule has 0 aliphatic carbocycles. The number of nitrogens with zero attached hydrogens (tertiary/aromatic N) is 2. The number of carbonyl (C=O) groups is 2. The second kappa shape index (κ2) is 5.32. The first-order valence-electron chi connectivity index (χ1n) is 5.41. The zero-order chi connectivity index (χ0) is 13.1. The fraction of sp³-hybridized carbons (Fsp3) is 0.500. The molecule has 98 valence electrons. The Labute approximate surface area is 107 Å². The van der Waals surface area contributed by atoms with Crippen molar-refractivity contribution in [1.29, 1.82) is 0 Å². The van der Waals surface area contributed by atoms with Gasteiger partial charge in [0.1, 0.15) is 11.0 Å². The average Bonchev–Trinajstić information content (AvgIpc) is 2.94. The van der Waals surface area contributed by atoms with Gasteiger partial charge in [-0.25, -0.2) is 14.6 Å². The number of hydrogen-bond donors (Lipinski definition) is 3. The van der Waals surface area contributed by atoms with Gasteiger partial charge in [-0.3, -0.25) is 0 Å². The number of hydrogen-bond acceptors (Lipinski definition) is 5. The van der Waals surface area contributed by atoms with E-state index >= 15 is 0 Å². The Balaban J connectivity index is 1.93. The molecule has 2 heterocycles. The molecule has 1 saturated heterocycles. The molecule has 0 unspecified atom stereocenters. The molecule has 1 aromatic rings. The van der Waals surface area contributed by atoms with Crippen LogP contribution in [0.1, 0.15) is 11.4 Å². The second-order valence-corrected chi connectivity index (χ2v) is 4.96. The number of urea groups is 1. The van der Waals surface area contributed by atoms with Crippen LogP contribution in [0.15, 0.2) is 11.6 Å². The number of carbonyl (C=O) groups excluding carboxylic acids is 1. The van der Waals surface area contributed by atoms with Crippen molar-refractivity contribution in [2.45, 2.75) is 25.1 Å². The Hall–Kier alpha value is -1.67. The lowest BCUT2D eigenvalue weighted by Gasteiger charge is -2.21. The molecule has 2 atom stereocenters. The maximum absolute atomic E-state index is 11.8. The van der Waals surface area contributed by atoms with Crippen LogP contribution in [-0.4, -0.2) is 50.8 Å². The topological polar surface area (TPSA) is 103 Å². The third-order valence-electron chi connectivity index (χ3n) is 2.70. The molecule has 2 amide bonds. The standard InChI is InChI=1S/C10H13N3O4S/c14-6-3-7(9(15)16)13(5-6)10(17)12-4-8-11-1-2-18-8/h1-2,6-7,14H,3-5H2,(H,12,17)(H,15,16)/t6-,7+/m1/s1. The summed E-state index contributed by atoms with van der Waals surface area (Å²) in [6, 6.07) is -1.45. The molecule has 0 spiro atoms. The number of β-amino-alcohol motifs (C(OH)–C–C–N with tert-alkyl or cyclic N) is 1. The summed E-state index contributed by atoms with van der Waals surface area (Å²) in [6.45, 7) is 0.302. The molecule has 8 heteroatoms. The number of aliphatic hydroxyl groups is 1. The fourth-order valence-corrected chi connectivity index (χ4v) is 2.42. The number of rotatable bonds is 3. The highest BCUT2D eigenvalue weighted by atomic mass is 32.1. The smallest absolute Gasteiger partial charge is 0.326 e. The maximum Gasteiger partial charge on any atom is 0.326 e. The van der Waals surface area contributed by atoms with Crippen molar-refractivity contribution in [3.63, 3.8) is 0 Å². The Morgan fingerprint density at radius 3 is 3.00 bits per heavy atom. The van der Waals surface area contributed by atoms with Crippen LogP contribution >= 0.6 is 11.3 Å². The number of carboxylic acids is 1. The highest BCUT2D eigenvalue weighted by Gasteiger charge is 2.38. The van der Waals surface area contributed by atoms with E-state index in [1.807, 2.05) is 0 Å². The monoisotopic (exact) mass is 271 g/mol. The van der Waals surface area contributed by atoms with E-state index in [0.717, 1.165) is 9.91 Å². The van der Waals surface area contributed by atoms with E-state index < -0.39 is 24.1 Å². The minimum absolute atomic E-state index is 0.0423. The van der Waals surface area contributed by atoms with Crippen LogP contribution in [0.25, 0.3) is 0 Å². The van der Waals surface area contributed by atoms with Gasteiger partial charge in [0, 0.05) is 24.5 Å². The number of carboxylic acid groups (broad SMARTS) is 1. The van der Waals surface area contributed by atoms with Gasteiger partial charge in [0.2, 0.25) is 0 Å². The van der Waals surface area contributed by atoms with Crippen LogP contribution in [0.5, 0.6) is 0 Å². The van der Waals surface area contributed by atoms with Crippen molar-refractivity contribution in [3.05, 3.63) is 16.6 Å². The highest BCUT2D eigenvalue weighted by molar-refractivity contribution is 7.09. The van der Waals surface area contributed by atoms with Gasteiger partial charge in [-0.05, 0) is 0 Å². The molecule has 0 aromatic carbocycles. The number of aromatic nitrogens is 1. The fourth-order valence-electron chi connectivity index (χ4n) is 1.87. The summed E-state index contributed by atoms with van der Waals surface area (Å²) in [7, 11) is 0. The van der Waals surface area contributed by atoms with E-state index in [1.165, 1.54) is 11.3 Å². The van der Waals surface area contributed by atoms with Gasteiger partial charge in [0.05, 0.1) is 12.6 Å². The highest BCUT2D eigenvalue weighted by Crippen LogP contribution is 2.18. The van der Waals surface area contributed by atoms with Crippen LogP contribution in [0.4, 0.5) is 4.79 Å². The first kappa shape index (κ1) is 12.8. The first-order valence-corrected chi connectivity index (χ1v) is 6.29. The second-order valence-electron chi connectivity index (χ2n) is 3.98. The van der Waals surface area contributed by atoms with Crippen molar-refractivity contribution in [2.24, 2.45) is 0 Å². The van der Waals surface area contributed by atoms with E-state index in [2.05, 4.69) is 10.3 Å². The summed E-state index contributed by atoms with van der Waals surface area (Å²) in [6.07, 6.45) is 0.919. The number of thiazole rings is 1. The van der Waals surface area contributed by atoms with Crippen molar-refractivity contribution < 1.29 is 19.8 Å². The van der Waals surface area contributed by atoms with Gasteiger partial charge in [0.15, 0.2) is 0 Å². The molecular formula is C10H13N3O4S. The van der Waals surface area contributed by atoms with Gasteiger partial charge >= 0.3 is 12.0 Å². The van der Waals surface area contributed by atoms with Crippen LogP contribution < -0.4 is 5.32 Å². The van der Waals surface area contributed by atoms with Crippen molar-refractivity contribution >= 4 is 23.3 Å². The van der Waals surface area contributed by atoms with Crippen LogP contribution in [-0.2, 0) is 11.3 Å². The molecular weight excluding hydrogens is 258 g/mol. The zero-order valence-electron chi connectivity index (χ0n) is 9.44. The quantitative estimate of drug-likeness (QED) is 0.710. The molecule has 3 N–H and O–H groups in total. The Kier molecular flexibility index (Phi) is 3.78. The lowest BCUT2D eigenvalue weighted by molar-refractivity contribution is -0.141. The molecule has 1 aromatic heterocycles. The number of amides is 2. The normalized spacial score (nSPS) is 23.1. The minimum atomic E-state index is -1.10. The largest absolute Gasteiger partial charge is 0.480 e. The molecule has 1 aliphatic heterocycles. The maximum atomic E-state index is 11.8. The lowest BCUT2D eigenvalue weighted by Crippen LogP contribution is -2.45. The average molecular weight is 271 g/mol. The SMILES string of the molecule is O=C(O)[C@@H]1C[C@@H](O)CN1C(=O)NCc1nccs1. The van der Waals surface area contributed by atoms with Crippen molar-refractivity contribution in [2.75, 3.05) is 6.54 Å². The molecule has 2 rings (SSSR count). The Bertz CT molecular complexity index is 436. The van der Waals surface area contributed by atoms with Gasteiger partial charge in [-0.1, -0.05) is 0 Å². The zero-order valence-corrected chi connectivity index (χ0v) is 10.3. The van der Waals surface area contributed by atoms with E-state index in [9.17, 15) is 14.7 Å². The number of aliphatic carboxylic acids is 1. The van der Waals surface area contributed by atoms with E-state index in [-0.39, 0.29) is 19.5 Å². The Morgan fingerprint density at radius 1 is 1.61 bits per heavy atom. The predicted molar refractivity (Wildman–Crippen MR) is 63.1 cm³/mol. The summed E-state index contributed by atoms with van der Waals surface area (Å²) in [5.41, 5.74) is 0. The Morgan fingerprint density at radius 2 is 2.39 bits per heavy atom. The summed E-state index contributed by atoms with van der Waals surface area (Å²) >= 11 is 1.41. The predicted octanol–water partition coefficient (Wildman–Crippen LogP) is -0.127. The molecule has 0 radical (unpaired) electrons. The van der Waals surface area contributed by atoms with Crippen molar-refractivity contribution in [3.8, 4) is 0 Å². The summed E-state index contributed by atoms with van der Waals surface area (Å²) < 4.78 is 0. The summed E-state index contributed by atoms with van der Waals surface area (Å²) in [5, 5.41) is 23.5. The van der Waals surface area contributed by atoms with Crippen molar-refractivity contribution in [1.82, 2.24) is 15.2 Å². The number of likely N-dealkylation sites (tertiary alicyclic amines) is 1. The third-order valence-corrected chi connectivity index (χ3v) is 3.48. The van der Waals surface area contributed by atoms with Crippen LogP contribution in [0.2, 0.25) is 0 Å². The van der Waals surface area contributed by atoms with E-state index in [0.29, 0.717) is 0 Å². The van der Waals surface area contributed by atoms with Gasteiger partial charge in [-0.2, -0.15) is 0 Å².